The summed E-state index contributed by atoms with van der Waals surface area (Å²) in [6, 6.07) is 1.43. The molecule has 0 aromatic carbocycles. The fourth-order valence-electron chi connectivity index (χ4n) is 1.32. The van der Waals surface area contributed by atoms with Gasteiger partial charge >= 0.3 is 5.97 Å². The molecule has 1 atom stereocenters. The third-order valence-electron chi connectivity index (χ3n) is 2.41. The molecule has 0 spiro atoms. The number of carbonyl (C=O) groups is 1. The Kier molecular flexibility index (Phi) is 4.95. The highest BCUT2D eigenvalue weighted by Gasteiger charge is 2.17. The van der Waals surface area contributed by atoms with E-state index in [4.69, 9.17) is 9.15 Å². The van der Waals surface area contributed by atoms with Gasteiger partial charge in [-0.3, -0.25) is 0 Å². The van der Waals surface area contributed by atoms with Crippen LogP contribution in [-0.4, -0.2) is 17.1 Å². The molecule has 2 rings (SSSR count). The van der Waals surface area contributed by atoms with Crippen molar-refractivity contribution in [2.45, 2.75) is 40.2 Å². The summed E-state index contributed by atoms with van der Waals surface area (Å²) in [5.74, 6) is -1.02. The van der Waals surface area contributed by atoms with Crippen LogP contribution in [-0.2, 0) is 4.74 Å². The predicted molar refractivity (Wildman–Crippen MR) is 67.0 cm³/mol. The Morgan fingerprint density at radius 3 is 2.78 bits per heavy atom. The van der Waals surface area contributed by atoms with E-state index in [-0.39, 0.29) is 17.3 Å². The molecule has 2 heterocycles. The fourth-order valence-corrected chi connectivity index (χ4v) is 1.32. The SMILES string of the molecule is CC.CCC(C)OC(=O)c1cc2occ(F)c2[nH]1. The normalized spacial score (nSPS) is 11.8. The fraction of sp³-hybridized carbons (Fsp3) is 0.462. The number of aromatic amines is 1. The summed E-state index contributed by atoms with van der Waals surface area (Å²) in [6.07, 6.45) is 1.56. The molecular weight excluding hydrogens is 237 g/mol. The Bertz CT molecular complexity index is 515. The summed E-state index contributed by atoms with van der Waals surface area (Å²) in [5.41, 5.74) is 0.707. The zero-order valence-electron chi connectivity index (χ0n) is 11.0. The molecule has 0 radical (unpaired) electrons. The second-order valence-electron chi connectivity index (χ2n) is 3.63. The van der Waals surface area contributed by atoms with Crippen LogP contribution in [0.3, 0.4) is 0 Å². The number of hydrogen-bond donors (Lipinski definition) is 1. The number of nitrogens with one attached hydrogen (secondary N) is 1. The van der Waals surface area contributed by atoms with Crippen LogP contribution in [0.25, 0.3) is 11.1 Å². The molecule has 5 heteroatoms. The van der Waals surface area contributed by atoms with E-state index in [1.807, 2.05) is 20.8 Å². The first kappa shape index (κ1) is 14.3. The molecule has 0 fully saturated rings. The zero-order valence-corrected chi connectivity index (χ0v) is 11.0. The van der Waals surface area contributed by atoms with Crippen molar-refractivity contribution in [2.24, 2.45) is 0 Å². The van der Waals surface area contributed by atoms with Crippen LogP contribution in [0.4, 0.5) is 4.39 Å². The van der Waals surface area contributed by atoms with Crippen LogP contribution < -0.4 is 0 Å². The molecule has 0 aliphatic heterocycles. The van der Waals surface area contributed by atoms with Crippen molar-refractivity contribution in [3.63, 3.8) is 0 Å². The molecule has 1 N–H and O–H groups in total. The van der Waals surface area contributed by atoms with E-state index in [1.165, 1.54) is 6.07 Å². The number of hydrogen-bond acceptors (Lipinski definition) is 3. The van der Waals surface area contributed by atoms with Crippen molar-refractivity contribution in [3.8, 4) is 0 Å². The maximum atomic E-state index is 13.1. The number of esters is 1. The van der Waals surface area contributed by atoms with Gasteiger partial charge in [-0.1, -0.05) is 20.8 Å². The molecular formula is C13H18FNO3. The summed E-state index contributed by atoms with van der Waals surface area (Å²) in [5, 5.41) is 0. The Hall–Kier alpha value is -1.78. The smallest absolute Gasteiger partial charge is 0.355 e. The van der Waals surface area contributed by atoms with E-state index in [0.717, 1.165) is 12.7 Å². The van der Waals surface area contributed by atoms with E-state index in [9.17, 15) is 9.18 Å². The first-order valence-corrected chi connectivity index (χ1v) is 6.08. The number of halogens is 1. The number of furan rings is 1. The van der Waals surface area contributed by atoms with Crippen molar-refractivity contribution in [1.82, 2.24) is 4.98 Å². The maximum absolute atomic E-state index is 13.1. The minimum absolute atomic E-state index is 0.160. The monoisotopic (exact) mass is 255 g/mol. The second-order valence-corrected chi connectivity index (χ2v) is 3.63. The summed E-state index contributed by atoms with van der Waals surface area (Å²) < 4.78 is 23.1. The average Bonchev–Trinajstić information content (AvgIpc) is 2.94. The average molecular weight is 255 g/mol. The number of aromatic nitrogens is 1. The van der Waals surface area contributed by atoms with Crippen LogP contribution in [0.2, 0.25) is 0 Å². The third kappa shape index (κ3) is 2.91. The quantitative estimate of drug-likeness (QED) is 0.847. The number of ether oxygens (including phenoxy) is 1. The highest BCUT2D eigenvalue weighted by Crippen LogP contribution is 2.20. The predicted octanol–water partition coefficient (Wildman–Crippen LogP) is 3.88. The van der Waals surface area contributed by atoms with Gasteiger partial charge in [0, 0.05) is 6.07 Å². The molecule has 18 heavy (non-hydrogen) atoms. The van der Waals surface area contributed by atoms with Crippen LogP contribution in [0.5, 0.6) is 0 Å². The lowest BCUT2D eigenvalue weighted by Gasteiger charge is -2.09. The van der Waals surface area contributed by atoms with Crippen molar-refractivity contribution in [2.75, 3.05) is 0 Å². The Balaban J connectivity index is 0.000000771. The van der Waals surface area contributed by atoms with Gasteiger partial charge in [0.1, 0.15) is 17.5 Å². The van der Waals surface area contributed by atoms with Gasteiger partial charge in [0.2, 0.25) is 0 Å². The molecule has 0 amide bonds. The number of fused-ring (bicyclic) bond motifs is 1. The maximum Gasteiger partial charge on any atom is 0.355 e. The largest absolute Gasteiger partial charge is 0.459 e. The van der Waals surface area contributed by atoms with Crippen LogP contribution in [0, 0.1) is 5.82 Å². The molecule has 0 bridgehead atoms. The summed E-state index contributed by atoms with van der Waals surface area (Å²) >= 11 is 0. The van der Waals surface area contributed by atoms with Crippen molar-refractivity contribution >= 4 is 17.1 Å². The highest BCUT2D eigenvalue weighted by molar-refractivity contribution is 5.93. The Morgan fingerprint density at radius 2 is 2.22 bits per heavy atom. The molecule has 0 aliphatic rings. The van der Waals surface area contributed by atoms with Gasteiger partial charge < -0.3 is 14.1 Å². The molecule has 4 nitrogen and oxygen atoms in total. The molecule has 0 aliphatic carbocycles. The summed E-state index contributed by atoms with van der Waals surface area (Å²) in [4.78, 5) is 14.2. The standard InChI is InChI=1S/C11H12FNO3.C2H6/c1-3-6(2)16-11(14)8-4-9-10(13-8)7(12)5-15-9;1-2/h4-6,13H,3H2,1-2H3;1-2H3. The third-order valence-corrected chi connectivity index (χ3v) is 2.41. The van der Waals surface area contributed by atoms with Crippen LogP contribution in [0.15, 0.2) is 16.7 Å². The van der Waals surface area contributed by atoms with Gasteiger partial charge in [0.25, 0.3) is 0 Å². The molecule has 0 saturated carbocycles. The van der Waals surface area contributed by atoms with Gasteiger partial charge in [-0.25, -0.2) is 9.18 Å². The minimum atomic E-state index is -0.516. The lowest BCUT2D eigenvalue weighted by atomic mass is 10.3. The van der Waals surface area contributed by atoms with Gasteiger partial charge in [0.05, 0.1) is 6.10 Å². The van der Waals surface area contributed by atoms with Crippen molar-refractivity contribution < 1.29 is 18.3 Å². The molecule has 2 aromatic heterocycles. The number of carbonyl (C=O) groups excluding carboxylic acids is 1. The van der Waals surface area contributed by atoms with E-state index >= 15 is 0 Å². The summed E-state index contributed by atoms with van der Waals surface area (Å²) in [7, 11) is 0. The number of rotatable bonds is 3. The number of H-pyrrole nitrogens is 1. The summed E-state index contributed by atoms with van der Waals surface area (Å²) in [6.45, 7) is 7.71. The van der Waals surface area contributed by atoms with Crippen LogP contribution in [0.1, 0.15) is 44.6 Å². The van der Waals surface area contributed by atoms with Crippen molar-refractivity contribution in [3.05, 3.63) is 23.8 Å². The van der Waals surface area contributed by atoms with E-state index in [1.54, 1.807) is 6.92 Å². The first-order chi connectivity index (χ1) is 8.61. The minimum Gasteiger partial charge on any atom is -0.459 e. The zero-order chi connectivity index (χ0) is 13.7. The topological polar surface area (TPSA) is 55.2 Å². The Labute approximate surface area is 105 Å². The van der Waals surface area contributed by atoms with Gasteiger partial charge in [-0.2, -0.15) is 0 Å². The lowest BCUT2D eigenvalue weighted by Crippen LogP contribution is -2.14. The molecule has 2 aromatic rings. The second kappa shape index (κ2) is 6.23. The van der Waals surface area contributed by atoms with Crippen LogP contribution >= 0.6 is 0 Å². The van der Waals surface area contributed by atoms with E-state index in [0.29, 0.717) is 5.58 Å². The lowest BCUT2D eigenvalue weighted by molar-refractivity contribution is 0.0328. The van der Waals surface area contributed by atoms with E-state index < -0.39 is 11.8 Å². The molecule has 1 unspecified atom stereocenters. The van der Waals surface area contributed by atoms with Gasteiger partial charge in [-0.15, -0.1) is 0 Å². The molecule has 100 valence electrons. The first-order valence-electron chi connectivity index (χ1n) is 6.08. The van der Waals surface area contributed by atoms with Gasteiger partial charge in [0.15, 0.2) is 11.4 Å². The van der Waals surface area contributed by atoms with Gasteiger partial charge in [-0.05, 0) is 13.3 Å². The highest BCUT2D eigenvalue weighted by atomic mass is 19.1. The van der Waals surface area contributed by atoms with E-state index in [2.05, 4.69) is 4.98 Å². The molecule has 0 saturated heterocycles. The van der Waals surface area contributed by atoms with Crippen molar-refractivity contribution in [1.29, 1.82) is 0 Å². The Morgan fingerprint density at radius 1 is 1.56 bits per heavy atom.